The molecule has 0 saturated carbocycles. The molecule has 3 aromatic rings. The van der Waals surface area contributed by atoms with E-state index in [1.54, 1.807) is 6.20 Å². The van der Waals surface area contributed by atoms with Gasteiger partial charge in [0.25, 0.3) is 0 Å². The highest BCUT2D eigenvalue weighted by atomic mass is 127. The zero-order valence-electron chi connectivity index (χ0n) is 9.98. The SMILES string of the molecule is I[C@@H](COn1nnc2ccccc21)c1ccccn1. The summed E-state index contributed by atoms with van der Waals surface area (Å²) in [5, 5.41) is 8.02. The van der Waals surface area contributed by atoms with Gasteiger partial charge in [-0.25, -0.2) is 0 Å². The highest BCUT2D eigenvalue weighted by Gasteiger charge is 2.11. The van der Waals surface area contributed by atoms with Gasteiger partial charge in [-0.3, -0.25) is 4.98 Å². The first-order chi connectivity index (χ1) is 9.34. The number of hydrogen-bond acceptors (Lipinski definition) is 4. The molecule has 0 amide bonds. The molecule has 0 radical (unpaired) electrons. The molecule has 0 aliphatic rings. The Labute approximate surface area is 123 Å². The number of pyridine rings is 1. The van der Waals surface area contributed by atoms with E-state index < -0.39 is 0 Å². The van der Waals surface area contributed by atoms with E-state index in [-0.39, 0.29) is 3.92 Å². The van der Waals surface area contributed by atoms with Crippen LogP contribution in [-0.2, 0) is 0 Å². The van der Waals surface area contributed by atoms with E-state index in [1.165, 1.54) is 4.85 Å². The van der Waals surface area contributed by atoms with Crippen molar-refractivity contribution in [2.45, 2.75) is 3.92 Å². The summed E-state index contributed by atoms with van der Waals surface area (Å²) in [5.74, 6) is 0. The minimum Gasteiger partial charge on any atom is -0.393 e. The highest BCUT2D eigenvalue weighted by Crippen LogP contribution is 2.20. The average molecular weight is 366 g/mol. The molecule has 1 atom stereocenters. The summed E-state index contributed by atoms with van der Waals surface area (Å²) in [6.07, 6.45) is 1.78. The third-order valence-corrected chi connectivity index (χ3v) is 3.67. The summed E-state index contributed by atoms with van der Waals surface area (Å²) in [6.45, 7) is 0.491. The summed E-state index contributed by atoms with van der Waals surface area (Å²) >= 11 is 2.31. The van der Waals surface area contributed by atoms with Gasteiger partial charge in [-0.2, -0.15) is 0 Å². The van der Waals surface area contributed by atoms with Crippen molar-refractivity contribution in [3.05, 3.63) is 54.4 Å². The molecular formula is C13H11IN4O. The Kier molecular flexibility index (Phi) is 3.58. The average Bonchev–Trinajstić information content (AvgIpc) is 2.89. The van der Waals surface area contributed by atoms with Gasteiger partial charge in [0.2, 0.25) is 0 Å². The first kappa shape index (κ1) is 12.3. The van der Waals surface area contributed by atoms with Crippen LogP contribution in [0.3, 0.4) is 0 Å². The van der Waals surface area contributed by atoms with Gasteiger partial charge in [0.1, 0.15) is 17.6 Å². The van der Waals surface area contributed by atoms with Gasteiger partial charge < -0.3 is 4.84 Å². The number of para-hydroxylation sites is 1. The second-order valence-corrected chi connectivity index (χ2v) is 5.47. The molecule has 3 rings (SSSR count). The molecule has 19 heavy (non-hydrogen) atoms. The fourth-order valence-electron chi connectivity index (χ4n) is 1.73. The number of fused-ring (bicyclic) bond motifs is 1. The molecular weight excluding hydrogens is 355 g/mol. The van der Waals surface area contributed by atoms with Gasteiger partial charge in [0, 0.05) is 6.20 Å². The van der Waals surface area contributed by atoms with Crippen LogP contribution in [0.25, 0.3) is 11.0 Å². The maximum absolute atomic E-state index is 5.67. The number of nitrogens with zero attached hydrogens (tertiary/aromatic N) is 4. The van der Waals surface area contributed by atoms with Crippen molar-refractivity contribution >= 4 is 33.6 Å². The fraction of sp³-hybridized carbons (Fsp3) is 0.154. The Balaban J connectivity index is 1.73. The first-order valence-corrected chi connectivity index (χ1v) is 7.08. The van der Waals surface area contributed by atoms with E-state index in [9.17, 15) is 0 Å². The van der Waals surface area contributed by atoms with Gasteiger partial charge in [0.15, 0.2) is 0 Å². The molecule has 0 unspecified atom stereocenters. The molecule has 0 N–H and O–H groups in total. The summed E-state index contributed by atoms with van der Waals surface area (Å²) in [4.78, 5) is 11.4. The lowest BCUT2D eigenvalue weighted by Crippen LogP contribution is -2.17. The molecule has 0 fully saturated rings. The number of benzene rings is 1. The molecule has 5 nitrogen and oxygen atoms in total. The van der Waals surface area contributed by atoms with Crippen molar-refractivity contribution in [3.8, 4) is 0 Å². The number of halogens is 1. The van der Waals surface area contributed by atoms with Crippen LogP contribution in [0, 0.1) is 0 Å². The van der Waals surface area contributed by atoms with Crippen LogP contribution >= 0.6 is 22.6 Å². The number of rotatable bonds is 4. The summed E-state index contributed by atoms with van der Waals surface area (Å²) in [5.41, 5.74) is 2.69. The predicted octanol–water partition coefficient (Wildman–Crippen LogP) is 2.43. The smallest absolute Gasteiger partial charge is 0.134 e. The van der Waals surface area contributed by atoms with Gasteiger partial charge in [0.05, 0.1) is 9.62 Å². The zero-order valence-corrected chi connectivity index (χ0v) is 12.1. The van der Waals surface area contributed by atoms with E-state index >= 15 is 0 Å². The largest absolute Gasteiger partial charge is 0.393 e. The summed E-state index contributed by atoms with van der Waals surface area (Å²) < 4.78 is 0.168. The molecule has 1 aromatic carbocycles. The molecule has 0 saturated heterocycles. The predicted molar refractivity (Wildman–Crippen MR) is 80.0 cm³/mol. The third-order valence-electron chi connectivity index (χ3n) is 2.67. The quantitative estimate of drug-likeness (QED) is 0.526. The number of hydrogen-bond donors (Lipinski definition) is 0. The molecule has 0 aliphatic heterocycles. The molecule has 96 valence electrons. The second kappa shape index (κ2) is 5.52. The highest BCUT2D eigenvalue weighted by molar-refractivity contribution is 14.1. The minimum atomic E-state index is 0.168. The zero-order chi connectivity index (χ0) is 13.1. The molecule has 2 aromatic heterocycles. The van der Waals surface area contributed by atoms with Crippen LogP contribution in [0.15, 0.2) is 48.7 Å². The summed E-state index contributed by atoms with van der Waals surface area (Å²) in [7, 11) is 0. The Morgan fingerprint density at radius 2 is 2.00 bits per heavy atom. The lowest BCUT2D eigenvalue weighted by atomic mass is 10.3. The topological polar surface area (TPSA) is 52.8 Å². The van der Waals surface area contributed by atoms with Crippen molar-refractivity contribution in [2.75, 3.05) is 6.61 Å². The number of alkyl halides is 1. The third kappa shape index (κ3) is 2.67. The molecule has 6 heteroatoms. The van der Waals surface area contributed by atoms with Crippen molar-refractivity contribution in [2.24, 2.45) is 0 Å². The van der Waals surface area contributed by atoms with E-state index in [2.05, 4.69) is 37.9 Å². The standard InChI is InChI=1S/C13H11IN4O/c14-10(11-5-3-4-8-15-11)9-19-18-13-7-2-1-6-12(13)16-17-18/h1-8,10H,9H2/t10-/m0/s1. The van der Waals surface area contributed by atoms with Gasteiger partial charge in [-0.1, -0.05) is 45.6 Å². The van der Waals surface area contributed by atoms with Crippen molar-refractivity contribution in [1.29, 1.82) is 0 Å². The van der Waals surface area contributed by atoms with Crippen LogP contribution < -0.4 is 4.84 Å². The maximum Gasteiger partial charge on any atom is 0.134 e. The van der Waals surface area contributed by atoms with Crippen molar-refractivity contribution in [1.82, 2.24) is 20.1 Å². The first-order valence-electron chi connectivity index (χ1n) is 5.83. The van der Waals surface area contributed by atoms with Gasteiger partial charge in [-0.05, 0) is 29.5 Å². The lowest BCUT2D eigenvalue weighted by molar-refractivity contribution is 0.0899. The Hall–Kier alpha value is -1.70. The van der Waals surface area contributed by atoms with Crippen LogP contribution in [0.1, 0.15) is 9.62 Å². The Bertz CT molecular complexity index is 670. The van der Waals surface area contributed by atoms with Crippen LogP contribution in [0.5, 0.6) is 0 Å². The molecule has 0 spiro atoms. The van der Waals surface area contributed by atoms with Gasteiger partial charge in [-0.15, -0.1) is 5.10 Å². The van der Waals surface area contributed by atoms with Crippen molar-refractivity contribution in [3.63, 3.8) is 0 Å². The Morgan fingerprint density at radius 3 is 2.84 bits per heavy atom. The monoisotopic (exact) mass is 366 g/mol. The second-order valence-electron chi connectivity index (χ2n) is 3.97. The normalized spacial score (nSPS) is 12.5. The van der Waals surface area contributed by atoms with Crippen LogP contribution in [-0.4, -0.2) is 26.7 Å². The molecule has 2 heterocycles. The van der Waals surface area contributed by atoms with E-state index in [0.29, 0.717) is 6.61 Å². The van der Waals surface area contributed by atoms with Crippen molar-refractivity contribution < 1.29 is 4.84 Å². The van der Waals surface area contributed by atoms with E-state index in [4.69, 9.17) is 4.84 Å². The lowest BCUT2D eigenvalue weighted by Gasteiger charge is -2.10. The molecule has 0 bridgehead atoms. The summed E-state index contributed by atoms with van der Waals surface area (Å²) in [6, 6.07) is 13.6. The van der Waals surface area contributed by atoms with Crippen LogP contribution in [0.4, 0.5) is 0 Å². The molecule has 0 aliphatic carbocycles. The van der Waals surface area contributed by atoms with Gasteiger partial charge >= 0.3 is 0 Å². The fourth-order valence-corrected chi connectivity index (χ4v) is 2.25. The Morgan fingerprint density at radius 1 is 1.16 bits per heavy atom. The van der Waals surface area contributed by atoms with E-state index in [1.807, 2.05) is 42.5 Å². The minimum absolute atomic E-state index is 0.168. The van der Waals surface area contributed by atoms with Crippen LogP contribution in [0.2, 0.25) is 0 Å². The van der Waals surface area contributed by atoms with E-state index in [0.717, 1.165) is 16.7 Å². The number of aromatic nitrogens is 4. The maximum atomic E-state index is 5.67.